The normalized spacial score (nSPS) is 12.2. The number of rotatable bonds is 4. The van der Waals surface area contributed by atoms with Gasteiger partial charge >= 0.3 is 0 Å². The Hall–Kier alpha value is -1.58. The van der Waals surface area contributed by atoms with Crippen LogP contribution in [0, 0.1) is 12.7 Å². The van der Waals surface area contributed by atoms with Crippen LogP contribution in [-0.4, -0.2) is 6.61 Å². The van der Waals surface area contributed by atoms with Crippen molar-refractivity contribution in [3.8, 4) is 5.75 Å². The first-order chi connectivity index (χ1) is 9.52. The van der Waals surface area contributed by atoms with Gasteiger partial charge in [-0.15, -0.1) is 0 Å². The van der Waals surface area contributed by atoms with E-state index in [2.05, 4.69) is 0 Å². The fraction of sp³-hybridized carbons (Fsp3) is 0.250. The fourth-order valence-corrected chi connectivity index (χ4v) is 2.27. The van der Waals surface area contributed by atoms with Gasteiger partial charge in [0, 0.05) is 5.56 Å². The zero-order valence-corrected chi connectivity index (χ0v) is 12.2. The molecule has 2 N–H and O–H groups in total. The van der Waals surface area contributed by atoms with Crippen LogP contribution in [0.3, 0.4) is 0 Å². The maximum absolute atomic E-state index is 13.2. The van der Waals surface area contributed by atoms with Crippen LogP contribution in [0.5, 0.6) is 5.75 Å². The number of aryl methyl sites for hydroxylation is 1. The molecule has 0 bridgehead atoms. The number of hydrogen-bond acceptors (Lipinski definition) is 2. The summed E-state index contributed by atoms with van der Waals surface area (Å²) in [6, 6.07) is 9.97. The van der Waals surface area contributed by atoms with Gasteiger partial charge in [0.05, 0.1) is 17.7 Å². The molecular formula is C16H17ClFNO. The van der Waals surface area contributed by atoms with Gasteiger partial charge in [-0.1, -0.05) is 35.4 Å². The molecule has 0 aliphatic heterocycles. The molecule has 20 heavy (non-hydrogen) atoms. The van der Waals surface area contributed by atoms with Gasteiger partial charge in [-0.25, -0.2) is 4.39 Å². The van der Waals surface area contributed by atoms with Crippen LogP contribution >= 0.6 is 11.6 Å². The van der Waals surface area contributed by atoms with Crippen molar-refractivity contribution >= 4 is 11.6 Å². The first kappa shape index (κ1) is 14.8. The zero-order valence-electron chi connectivity index (χ0n) is 11.5. The first-order valence-corrected chi connectivity index (χ1v) is 6.84. The van der Waals surface area contributed by atoms with Crippen molar-refractivity contribution in [3.05, 3.63) is 63.9 Å². The summed E-state index contributed by atoms with van der Waals surface area (Å²) in [5.74, 6) is 0.294. The Bertz CT molecular complexity index is 615. The molecule has 2 rings (SSSR count). The summed E-state index contributed by atoms with van der Waals surface area (Å²) in [7, 11) is 0. The minimum atomic E-state index is -0.447. The molecular weight excluding hydrogens is 277 g/mol. The van der Waals surface area contributed by atoms with Gasteiger partial charge in [0.25, 0.3) is 0 Å². The Morgan fingerprint density at radius 2 is 2.00 bits per heavy atom. The molecule has 0 amide bonds. The van der Waals surface area contributed by atoms with Crippen molar-refractivity contribution in [1.29, 1.82) is 0 Å². The molecule has 0 aromatic heterocycles. The third-order valence-electron chi connectivity index (χ3n) is 3.10. The van der Waals surface area contributed by atoms with Crippen molar-refractivity contribution in [2.75, 3.05) is 6.61 Å². The van der Waals surface area contributed by atoms with E-state index in [1.54, 1.807) is 12.1 Å². The number of benzene rings is 2. The summed E-state index contributed by atoms with van der Waals surface area (Å²) in [6.45, 7) is 4.47. The molecule has 0 heterocycles. The Kier molecular flexibility index (Phi) is 4.63. The molecule has 0 radical (unpaired) electrons. The Balaban J connectivity index is 2.43. The Labute approximate surface area is 123 Å². The van der Waals surface area contributed by atoms with Crippen LogP contribution in [0.15, 0.2) is 36.4 Å². The van der Waals surface area contributed by atoms with Crippen molar-refractivity contribution in [2.24, 2.45) is 5.73 Å². The average molecular weight is 294 g/mol. The minimum absolute atomic E-state index is 0.0727. The Morgan fingerprint density at radius 1 is 1.25 bits per heavy atom. The maximum Gasteiger partial charge on any atom is 0.141 e. The largest absolute Gasteiger partial charge is 0.494 e. The summed E-state index contributed by atoms with van der Waals surface area (Å²) in [6.07, 6.45) is 0. The maximum atomic E-state index is 13.2. The number of halogens is 2. The quantitative estimate of drug-likeness (QED) is 0.915. The van der Waals surface area contributed by atoms with Crippen molar-refractivity contribution in [3.63, 3.8) is 0 Å². The summed E-state index contributed by atoms with van der Waals surface area (Å²) in [4.78, 5) is 0. The van der Waals surface area contributed by atoms with Crippen LogP contribution in [0.25, 0.3) is 0 Å². The van der Waals surface area contributed by atoms with E-state index in [0.29, 0.717) is 6.61 Å². The molecule has 0 saturated heterocycles. The van der Waals surface area contributed by atoms with Crippen molar-refractivity contribution in [2.45, 2.75) is 19.9 Å². The Morgan fingerprint density at radius 3 is 2.65 bits per heavy atom. The molecule has 0 aliphatic carbocycles. The van der Waals surface area contributed by atoms with Gasteiger partial charge in [-0.05, 0) is 37.6 Å². The van der Waals surface area contributed by atoms with Crippen LogP contribution in [0.1, 0.15) is 29.7 Å². The van der Waals surface area contributed by atoms with E-state index in [1.165, 1.54) is 6.07 Å². The highest BCUT2D eigenvalue weighted by Crippen LogP contribution is 2.31. The van der Waals surface area contributed by atoms with E-state index in [0.717, 1.165) is 22.4 Å². The molecule has 1 unspecified atom stereocenters. The minimum Gasteiger partial charge on any atom is -0.494 e. The molecule has 0 saturated carbocycles. The van der Waals surface area contributed by atoms with Gasteiger partial charge in [0.15, 0.2) is 0 Å². The summed E-state index contributed by atoms with van der Waals surface area (Å²) >= 11 is 5.82. The zero-order chi connectivity index (χ0) is 14.7. The van der Waals surface area contributed by atoms with E-state index in [9.17, 15) is 4.39 Å². The second kappa shape index (κ2) is 6.25. The van der Waals surface area contributed by atoms with E-state index >= 15 is 0 Å². The molecule has 0 spiro atoms. The highest BCUT2D eigenvalue weighted by molar-refractivity contribution is 6.30. The van der Waals surface area contributed by atoms with E-state index in [1.807, 2.05) is 32.0 Å². The standard InChI is InChI=1S/C16H17ClFNO/c1-3-20-15-7-4-10(2)8-12(15)16(19)11-5-6-14(18)13(17)9-11/h4-9,16H,3,19H2,1-2H3. The third kappa shape index (κ3) is 3.11. The molecule has 4 heteroatoms. The van der Waals surface area contributed by atoms with Crippen molar-refractivity contribution < 1.29 is 9.13 Å². The predicted octanol–water partition coefficient (Wildman–Crippen LogP) is 4.23. The number of nitrogens with two attached hydrogens (primary N) is 1. The third-order valence-corrected chi connectivity index (χ3v) is 3.39. The van der Waals surface area contributed by atoms with Gasteiger partial charge in [-0.2, -0.15) is 0 Å². The van der Waals surface area contributed by atoms with Crippen LogP contribution < -0.4 is 10.5 Å². The molecule has 1 atom stereocenters. The monoisotopic (exact) mass is 293 g/mol. The predicted molar refractivity (Wildman–Crippen MR) is 79.8 cm³/mol. The van der Waals surface area contributed by atoms with Crippen molar-refractivity contribution in [1.82, 2.24) is 0 Å². The molecule has 2 aromatic carbocycles. The smallest absolute Gasteiger partial charge is 0.141 e. The molecule has 0 aliphatic rings. The lowest BCUT2D eigenvalue weighted by Crippen LogP contribution is -2.14. The van der Waals surface area contributed by atoms with E-state index in [-0.39, 0.29) is 5.02 Å². The second-order valence-corrected chi connectivity index (χ2v) is 5.03. The molecule has 106 valence electrons. The lowest BCUT2D eigenvalue weighted by atomic mass is 9.97. The molecule has 2 aromatic rings. The lowest BCUT2D eigenvalue weighted by Gasteiger charge is -2.18. The molecule has 2 nitrogen and oxygen atoms in total. The first-order valence-electron chi connectivity index (χ1n) is 6.46. The van der Waals surface area contributed by atoms with Crippen LogP contribution in [-0.2, 0) is 0 Å². The van der Waals surface area contributed by atoms with Gasteiger partial charge in [0.2, 0.25) is 0 Å². The molecule has 0 fully saturated rings. The number of ether oxygens (including phenoxy) is 1. The average Bonchev–Trinajstić information content (AvgIpc) is 2.43. The summed E-state index contributed by atoms with van der Waals surface area (Å²) < 4.78 is 18.8. The van der Waals surface area contributed by atoms with Gasteiger partial charge in [-0.3, -0.25) is 0 Å². The summed E-state index contributed by atoms with van der Waals surface area (Å²) in [5, 5.41) is 0.0727. The van der Waals surface area contributed by atoms with E-state index in [4.69, 9.17) is 22.1 Å². The summed E-state index contributed by atoms with van der Waals surface area (Å²) in [5.41, 5.74) is 8.99. The van der Waals surface area contributed by atoms with Crippen LogP contribution in [0.4, 0.5) is 4.39 Å². The SMILES string of the molecule is CCOc1ccc(C)cc1C(N)c1ccc(F)c(Cl)c1. The fourth-order valence-electron chi connectivity index (χ4n) is 2.08. The highest BCUT2D eigenvalue weighted by atomic mass is 35.5. The highest BCUT2D eigenvalue weighted by Gasteiger charge is 2.16. The number of hydrogen-bond donors (Lipinski definition) is 1. The van der Waals surface area contributed by atoms with Crippen LogP contribution in [0.2, 0.25) is 5.02 Å². The van der Waals surface area contributed by atoms with Gasteiger partial charge < -0.3 is 10.5 Å². The second-order valence-electron chi connectivity index (χ2n) is 4.63. The topological polar surface area (TPSA) is 35.2 Å². The van der Waals surface area contributed by atoms with Gasteiger partial charge in [0.1, 0.15) is 11.6 Å². The van der Waals surface area contributed by atoms with E-state index < -0.39 is 11.9 Å². The lowest BCUT2D eigenvalue weighted by molar-refractivity contribution is 0.335.